The van der Waals surface area contributed by atoms with E-state index in [1.165, 1.54) is 71.0 Å². The van der Waals surface area contributed by atoms with Crippen LogP contribution in [-0.2, 0) is 0 Å². The molecule has 0 amide bonds. The molecular formula is C19H36N2. The van der Waals surface area contributed by atoms with Crippen molar-refractivity contribution in [1.29, 1.82) is 0 Å². The van der Waals surface area contributed by atoms with Gasteiger partial charge in [-0.2, -0.15) is 0 Å². The number of piperidine rings is 1. The molecule has 2 saturated heterocycles. The van der Waals surface area contributed by atoms with Crippen LogP contribution in [0.15, 0.2) is 0 Å². The summed E-state index contributed by atoms with van der Waals surface area (Å²) in [6, 6.07) is 2.53. The van der Waals surface area contributed by atoms with Crippen molar-refractivity contribution >= 4 is 0 Å². The second-order valence-corrected chi connectivity index (χ2v) is 8.34. The first kappa shape index (κ1) is 15.8. The van der Waals surface area contributed by atoms with Gasteiger partial charge in [0, 0.05) is 31.2 Å². The lowest BCUT2D eigenvalue weighted by molar-refractivity contribution is -0.0429. The van der Waals surface area contributed by atoms with Crippen LogP contribution in [0.4, 0.5) is 0 Å². The lowest BCUT2D eigenvalue weighted by atomic mass is 9.86. The Kier molecular flexibility index (Phi) is 5.27. The second kappa shape index (κ2) is 7.00. The maximum atomic E-state index is 2.98. The summed E-state index contributed by atoms with van der Waals surface area (Å²) in [5, 5.41) is 0. The Balaban J connectivity index is 1.76. The molecule has 4 atom stereocenters. The Morgan fingerprint density at radius 3 is 2.43 bits per heavy atom. The summed E-state index contributed by atoms with van der Waals surface area (Å²) in [6.07, 6.45) is 11.7. The average Bonchev–Trinajstić information content (AvgIpc) is 2.70. The fourth-order valence-corrected chi connectivity index (χ4v) is 5.17. The highest BCUT2D eigenvalue weighted by molar-refractivity contribution is 4.96. The van der Waals surface area contributed by atoms with Gasteiger partial charge in [-0.15, -0.1) is 0 Å². The van der Waals surface area contributed by atoms with Gasteiger partial charge in [-0.1, -0.05) is 46.5 Å². The van der Waals surface area contributed by atoms with Gasteiger partial charge in [0.1, 0.15) is 0 Å². The molecule has 4 unspecified atom stereocenters. The van der Waals surface area contributed by atoms with Gasteiger partial charge in [0.05, 0.1) is 0 Å². The van der Waals surface area contributed by atoms with Gasteiger partial charge < -0.3 is 0 Å². The van der Waals surface area contributed by atoms with Crippen molar-refractivity contribution in [3.05, 3.63) is 0 Å². The standard InChI is InChI=1S/C19H36N2/c1-15(2)19-14-20-12-8-7-10-17(20)13-21(19)18-11-6-4-5-9-16(18)3/h15-19H,4-14H2,1-3H3. The second-order valence-electron chi connectivity index (χ2n) is 8.34. The normalized spacial score (nSPS) is 40.0. The summed E-state index contributed by atoms with van der Waals surface area (Å²) >= 11 is 0. The van der Waals surface area contributed by atoms with E-state index in [1.807, 2.05) is 0 Å². The molecule has 2 heterocycles. The van der Waals surface area contributed by atoms with Crippen molar-refractivity contribution < 1.29 is 0 Å². The molecule has 1 saturated carbocycles. The predicted octanol–water partition coefficient (Wildman–Crippen LogP) is 4.15. The molecule has 2 heteroatoms. The first-order valence-electron chi connectivity index (χ1n) is 9.66. The van der Waals surface area contributed by atoms with Crippen LogP contribution in [0.5, 0.6) is 0 Å². The maximum Gasteiger partial charge on any atom is 0.0249 e. The zero-order chi connectivity index (χ0) is 14.8. The Labute approximate surface area is 132 Å². The number of rotatable bonds is 2. The fourth-order valence-electron chi connectivity index (χ4n) is 5.17. The molecule has 3 fully saturated rings. The first-order valence-corrected chi connectivity index (χ1v) is 9.66. The Hall–Kier alpha value is -0.0800. The number of piperazine rings is 1. The van der Waals surface area contributed by atoms with Gasteiger partial charge in [0.2, 0.25) is 0 Å². The summed E-state index contributed by atoms with van der Waals surface area (Å²) in [7, 11) is 0. The number of fused-ring (bicyclic) bond motifs is 1. The molecule has 0 spiro atoms. The minimum atomic E-state index is 0.795. The molecule has 0 N–H and O–H groups in total. The van der Waals surface area contributed by atoms with E-state index in [-0.39, 0.29) is 0 Å². The van der Waals surface area contributed by atoms with Gasteiger partial charge in [-0.25, -0.2) is 0 Å². The van der Waals surface area contributed by atoms with Crippen LogP contribution in [0.2, 0.25) is 0 Å². The number of nitrogens with zero attached hydrogens (tertiary/aromatic N) is 2. The summed E-state index contributed by atoms with van der Waals surface area (Å²) in [5.41, 5.74) is 0. The Bertz CT molecular complexity index is 328. The van der Waals surface area contributed by atoms with E-state index in [2.05, 4.69) is 30.6 Å². The van der Waals surface area contributed by atoms with Gasteiger partial charge in [-0.3, -0.25) is 9.80 Å². The van der Waals surface area contributed by atoms with Crippen LogP contribution < -0.4 is 0 Å². The lowest BCUT2D eigenvalue weighted by Crippen LogP contribution is -2.64. The Morgan fingerprint density at radius 1 is 0.857 bits per heavy atom. The molecule has 3 aliphatic rings. The van der Waals surface area contributed by atoms with Crippen molar-refractivity contribution in [2.24, 2.45) is 11.8 Å². The smallest absolute Gasteiger partial charge is 0.0249 e. The van der Waals surface area contributed by atoms with E-state index >= 15 is 0 Å². The molecule has 0 radical (unpaired) electrons. The number of hydrogen-bond donors (Lipinski definition) is 0. The molecule has 21 heavy (non-hydrogen) atoms. The first-order chi connectivity index (χ1) is 10.2. The fraction of sp³-hybridized carbons (Fsp3) is 1.00. The topological polar surface area (TPSA) is 6.48 Å². The quantitative estimate of drug-likeness (QED) is 0.705. The molecule has 0 aromatic carbocycles. The molecule has 0 bridgehead atoms. The summed E-state index contributed by atoms with van der Waals surface area (Å²) in [4.78, 5) is 5.80. The third kappa shape index (κ3) is 3.47. The number of hydrogen-bond acceptors (Lipinski definition) is 2. The average molecular weight is 293 g/mol. The van der Waals surface area contributed by atoms with Crippen LogP contribution in [0.1, 0.15) is 72.1 Å². The molecule has 0 aromatic rings. The zero-order valence-electron chi connectivity index (χ0n) is 14.6. The van der Waals surface area contributed by atoms with Gasteiger partial charge in [0.25, 0.3) is 0 Å². The van der Waals surface area contributed by atoms with E-state index in [0.29, 0.717) is 0 Å². The molecule has 1 aliphatic carbocycles. The lowest BCUT2D eigenvalue weighted by Gasteiger charge is -2.53. The van der Waals surface area contributed by atoms with Crippen molar-refractivity contribution in [2.75, 3.05) is 19.6 Å². The van der Waals surface area contributed by atoms with Crippen LogP contribution in [0.3, 0.4) is 0 Å². The maximum absolute atomic E-state index is 2.98. The zero-order valence-corrected chi connectivity index (χ0v) is 14.6. The SMILES string of the molecule is CC(C)C1CN2CCCCC2CN1C1CCCCCC1C. The van der Waals surface area contributed by atoms with Crippen LogP contribution in [0.25, 0.3) is 0 Å². The molecule has 3 rings (SSSR count). The van der Waals surface area contributed by atoms with Gasteiger partial charge in [-0.05, 0) is 44.1 Å². The van der Waals surface area contributed by atoms with E-state index in [4.69, 9.17) is 0 Å². The molecule has 122 valence electrons. The molecule has 0 aromatic heterocycles. The highest BCUT2D eigenvalue weighted by Gasteiger charge is 2.40. The van der Waals surface area contributed by atoms with Crippen molar-refractivity contribution in [2.45, 2.75) is 90.3 Å². The van der Waals surface area contributed by atoms with Crippen molar-refractivity contribution in [1.82, 2.24) is 9.80 Å². The highest BCUT2D eigenvalue weighted by atomic mass is 15.3. The summed E-state index contributed by atoms with van der Waals surface area (Å²) < 4.78 is 0. The third-order valence-electron chi connectivity index (χ3n) is 6.53. The van der Waals surface area contributed by atoms with Crippen LogP contribution in [-0.4, -0.2) is 47.6 Å². The van der Waals surface area contributed by atoms with E-state index < -0.39 is 0 Å². The van der Waals surface area contributed by atoms with Gasteiger partial charge in [0.15, 0.2) is 0 Å². The van der Waals surface area contributed by atoms with E-state index in [1.54, 1.807) is 0 Å². The Morgan fingerprint density at radius 2 is 1.62 bits per heavy atom. The van der Waals surface area contributed by atoms with E-state index in [0.717, 1.165) is 30.0 Å². The minimum absolute atomic E-state index is 0.795. The summed E-state index contributed by atoms with van der Waals surface area (Å²) in [6.45, 7) is 11.5. The van der Waals surface area contributed by atoms with Crippen LogP contribution in [0, 0.1) is 11.8 Å². The monoisotopic (exact) mass is 292 g/mol. The van der Waals surface area contributed by atoms with Crippen molar-refractivity contribution in [3.63, 3.8) is 0 Å². The molecular weight excluding hydrogens is 256 g/mol. The van der Waals surface area contributed by atoms with Gasteiger partial charge >= 0.3 is 0 Å². The highest BCUT2D eigenvalue weighted by Crippen LogP contribution is 2.34. The predicted molar refractivity (Wildman–Crippen MR) is 90.6 cm³/mol. The molecule has 2 nitrogen and oxygen atoms in total. The van der Waals surface area contributed by atoms with E-state index in [9.17, 15) is 0 Å². The third-order valence-corrected chi connectivity index (χ3v) is 6.53. The van der Waals surface area contributed by atoms with Crippen LogP contribution >= 0.6 is 0 Å². The molecule has 2 aliphatic heterocycles. The largest absolute Gasteiger partial charge is 0.298 e. The summed E-state index contributed by atoms with van der Waals surface area (Å²) in [5.74, 6) is 1.70. The minimum Gasteiger partial charge on any atom is -0.298 e. The van der Waals surface area contributed by atoms with Crippen molar-refractivity contribution in [3.8, 4) is 0 Å².